The molecule has 1 heterocycles. The van der Waals surface area contributed by atoms with Crippen LogP contribution in [0.1, 0.15) is 15.9 Å². The molecule has 184 valence electrons. The number of ether oxygens (including phenoxy) is 2. The minimum atomic E-state index is -0.707. The third-order valence-electron chi connectivity index (χ3n) is 5.30. The lowest BCUT2D eigenvalue weighted by atomic mass is 10.2. The number of methoxy groups -OCH3 is 1. The highest BCUT2D eigenvalue weighted by Gasteiger charge is 2.11. The molecule has 0 atom stereocenters. The van der Waals surface area contributed by atoms with Crippen LogP contribution in [0.4, 0.5) is 5.69 Å². The average Bonchev–Trinajstić information content (AvgIpc) is 2.90. The van der Waals surface area contributed by atoms with Crippen LogP contribution in [0, 0.1) is 0 Å². The van der Waals surface area contributed by atoms with E-state index in [1.807, 2.05) is 0 Å². The second kappa shape index (κ2) is 10.4. The molecule has 4 rings (SSSR count). The molecular weight excluding hydrogens is 486 g/mol. The van der Waals surface area contributed by atoms with Gasteiger partial charge in [-0.05, 0) is 66.2 Å². The van der Waals surface area contributed by atoms with Crippen molar-refractivity contribution in [3.8, 4) is 11.5 Å². The van der Waals surface area contributed by atoms with E-state index in [9.17, 15) is 14.4 Å². The Balaban J connectivity index is 1.66. The van der Waals surface area contributed by atoms with Crippen molar-refractivity contribution >= 4 is 23.3 Å². The fourth-order valence-electron chi connectivity index (χ4n) is 3.37. The van der Waals surface area contributed by atoms with Gasteiger partial charge in [-0.2, -0.15) is 4.68 Å². The number of nitrogens with zero attached hydrogens (tertiary/aromatic N) is 4. The van der Waals surface area contributed by atoms with Crippen LogP contribution in [0.15, 0.2) is 87.4 Å². The first kappa shape index (κ1) is 24.6. The summed E-state index contributed by atoms with van der Waals surface area (Å²) in [4.78, 5) is 41.4. The van der Waals surface area contributed by atoms with Crippen LogP contribution >= 0.6 is 11.6 Å². The topological polar surface area (TPSA) is 123 Å². The van der Waals surface area contributed by atoms with Crippen LogP contribution in [0.2, 0.25) is 5.02 Å². The highest BCUT2D eigenvalue weighted by Crippen LogP contribution is 2.24. The van der Waals surface area contributed by atoms with Gasteiger partial charge in [-0.25, -0.2) is 23.9 Å². The Morgan fingerprint density at radius 2 is 1.50 bits per heavy atom. The molecule has 10 nitrogen and oxygen atoms in total. The van der Waals surface area contributed by atoms with Crippen LogP contribution in [0.3, 0.4) is 0 Å². The van der Waals surface area contributed by atoms with Crippen LogP contribution in [0.5, 0.6) is 11.5 Å². The van der Waals surface area contributed by atoms with Gasteiger partial charge in [-0.15, -0.1) is 0 Å². The predicted octanol–water partition coefficient (Wildman–Crippen LogP) is 2.58. The number of carbonyl (C=O) groups is 1. The second-order valence-corrected chi connectivity index (χ2v) is 8.17. The molecule has 0 aliphatic rings. The van der Waals surface area contributed by atoms with Crippen molar-refractivity contribution in [2.45, 2.75) is 6.54 Å². The number of hydrogen-bond donors (Lipinski definition) is 1. The maximum absolute atomic E-state index is 12.9. The summed E-state index contributed by atoms with van der Waals surface area (Å²) in [5.41, 5.74) is 0.337. The smallest absolute Gasteiger partial charge is 0.353 e. The monoisotopic (exact) mass is 507 g/mol. The summed E-state index contributed by atoms with van der Waals surface area (Å²) in [7, 11) is 2.66. The molecule has 0 fully saturated rings. The van der Waals surface area contributed by atoms with Crippen LogP contribution < -0.4 is 27.6 Å². The first-order valence-electron chi connectivity index (χ1n) is 10.7. The number of esters is 1. The molecule has 0 bridgehead atoms. The summed E-state index contributed by atoms with van der Waals surface area (Å²) < 4.78 is 13.5. The lowest BCUT2D eigenvalue weighted by Crippen LogP contribution is -2.56. The Morgan fingerprint density at radius 3 is 2.08 bits per heavy atom. The van der Waals surface area contributed by atoms with Crippen molar-refractivity contribution in [1.29, 1.82) is 0 Å². The summed E-state index contributed by atoms with van der Waals surface area (Å²) in [6.07, 6.45) is 0. The lowest BCUT2D eigenvalue weighted by Gasteiger charge is -2.12. The minimum absolute atomic E-state index is 0.0230. The molecule has 0 radical (unpaired) electrons. The largest absolute Gasteiger partial charge is 0.465 e. The van der Waals surface area contributed by atoms with Gasteiger partial charge in [0.25, 0.3) is 0 Å². The number of carbonyl (C=O) groups excluding carboxylic acids is 1. The van der Waals surface area contributed by atoms with Gasteiger partial charge in [0, 0.05) is 12.1 Å². The number of rotatable bonds is 6. The maximum Gasteiger partial charge on any atom is 0.353 e. The molecule has 0 saturated carbocycles. The molecule has 4 aromatic rings. The fraction of sp³-hybridized carbons (Fsp3) is 0.120. The third-order valence-corrected chi connectivity index (χ3v) is 5.55. The first-order valence-corrected chi connectivity index (χ1v) is 11.1. The Bertz CT molecular complexity index is 1590. The highest BCUT2D eigenvalue weighted by atomic mass is 35.5. The molecule has 0 spiro atoms. The zero-order valence-corrected chi connectivity index (χ0v) is 20.2. The Kier molecular flexibility index (Phi) is 7.07. The quantitative estimate of drug-likeness (QED) is 0.316. The van der Waals surface area contributed by atoms with Gasteiger partial charge >= 0.3 is 17.3 Å². The van der Waals surface area contributed by atoms with E-state index in [4.69, 9.17) is 22.2 Å². The molecule has 36 heavy (non-hydrogen) atoms. The molecule has 0 aliphatic heterocycles. The van der Waals surface area contributed by atoms with Crippen molar-refractivity contribution < 1.29 is 14.3 Å². The normalized spacial score (nSPS) is 11.4. The molecule has 1 aromatic heterocycles. The van der Waals surface area contributed by atoms with Crippen molar-refractivity contribution in [3.63, 3.8) is 0 Å². The first-order chi connectivity index (χ1) is 17.3. The maximum atomic E-state index is 12.9. The van der Waals surface area contributed by atoms with E-state index in [2.05, 4.69) is 9.73 Å². The summed E-state index contributed by atoms with van der Waals surface area (Å²) >= 11 is 5.96. The second-order valence-electron chi connectivity index (χ2n) is 7.73. The van der Waals surface area contributed by atoms with Crippen molar-refractivity contribution in [2.75, 3.05) is 13.0 Å². The summed E-state index contributed by atoms with van der Waals surface area (Å²) in [6.45, 7) is 0.128. The summed E-state index contributed by atoms with van der Waals surface area (Å²) in [5.74, 6) is 6.61. The van der Waals surface area contributed by atoms with Crippen molar-refractivity contribution in [3.05, 3.63) is 116 Å². The van der Waals surface area contributed by atoms with Crippen LogP contribution in [-0.2, 0) is 18.3 Å². The minimum Gasteiger partial charge on any atom is -0.465 e. The van der Waals surface area contributed by atoms with Gasteiger partial charge in [0.15, 0.2) is 0 Å². The van der Waals surface area contributed by atoms with E-state index in [-0.39, 0.29) is 12.2 Å². The van der Waals surface area contributed by atoms with Gasteiger partial charge in [0.05, 0.1) is 24.9 Å². The van der Waals surface area contributed by atoms with Gasteiger partial charge in [-0.3, -0.25) is 4.57 Å². The summed E-state index contributed by atoms with van der Waals surface area (Å²) in [5, 5.41) is 0.562. The Hall–Kier alpha value is -4.57. The van der Waals surface area contributed by atoms with Gasteiger partial charge in [0.2, 0.25) is 5.62 Å². The molecular formula is C25H22ClN5O5. The standard InChI is InChI=1S/C25H22ClN5O5/c1-29-24(33)30(15-16-3-7-18(26)8-4-16)23(31(27)25(29)34)28-19-9-13-21(14-10-19)36-20-11-5-17(6-12-20)22(32)35-2/h3-14H,15,27H2,1-2H3. The van der Waals surface area contributed by atoms with E-state index < -0.39 is 17.3 Å². The van der Waals surface area contributed by atoms with E-state index in [1.54, 1.807) is 72.8 Å². The lowest BCUT2D eigenvalue weighted by molar-refractivity contribution is 0.0600. The summed E-state index contributed by atoms with van der Waals surface area (Å²) in [6, 6.07) is 20.1. The highest BCUT2D eigenvalue weighted by molar-refractivity contribution is 6.30. The molecule has 0 aliphatic carbocycles. The molecule has 11 heteroatoms. The number of nitrogen functional groups attached to an aromatic ring is 1. The van der Waals surface area contributed by atoms with Crippen molar-refractivity contribution in [2.24, 2.45) is 12.0 Å². The average molecular weight is 508 g/mol. The predicted molar refractivity (Wildman–Crippen MR) is 134 cm³/mol. The SMILES string of the molecule is COC(=O)c1ccc(Oc2ccc(N=c3n(N)c(=O)n(C)c(=O)n3Cc3ccc(Cl)cc3)cc2)cc1. The number of benzene rings is 3. The van der Waals surface area contributed by atoms with Gasteiger partial charge < -0.3 is 15.3 Å². The molecule has 3 aromatic carbocycles. The van der Waals surface area contributed by atoms with Crippen LogP contribution in [0.25, 0.3) is 0 Å². The third kappa shape index (κ3) is 5.23. The molecule has 0 unspecified atom stereocenters. The molecule has 0 saturated heterocycles. The number of nitrogens with two attached hydrogens (primary N) is 1. The molecule has 0 amide bonds. The fourth-order valence-corrected chi connectivity index (χ4v) is 3.49. The Labute approximate surface area is 210 Å². The molecule has 2 N–H and O–H groups in total. The van der Waals surface area contributed by atoms with E-state index in [0.29, 0.717) is 27.8 Å². The van der Waals surface area contributed by atoms with Gasteiger partial charge in [-0.1, -0.05) is 23.7 Å². The van der Waals surface area contributed by atoms with E-state index >= 15 is 0 Å². The zero-order chi connectivity index (χ0) is 25.8. The van der Waals surface area contributed by atoms with Gasteiger partial charge in [0.1, 0.15) is 11.5 Å². The van der Waals surface area contributed by atoms with Crippen LogP contribution in [-0.4, -0.2) is 26.9 Å². The number of halogens is 1. The van der Waals surface area contributed by atoms with E-state index in [0.717, 1.165) is 14.8 Å². The van der Waals surface area contributed by atoms with E-state index in [1.165, 1.54) is 18.7 Å². The van der Waals surface area contributed by atoms with Crippen molar-refractivity contribution in [1.82, 2.24) is 13.8 Å². The Morgan fingerprint density at radius 1 is 0.917 bits per heavy atom. The number of hydrogen-bond acceptors (Lipinski definition) is 7. The number of aromatic nitrogens is 3. The zero-order valence-electron chi connectivity index (χ0n) is 19.4.